The third-order valence-electron chi connectivity index (χ3n) is 3.96. The van der Waals surface area contributed by atoms with Gasteiger partial charge in [-0.15, -0.1) is 0 Å². The minimum atomic E-state index is -0.463. The summed E-state index contributed by atoms with van der Waals surface area (Å²) in [5.41, 5.74) is 0.665. The molecule has 0 saturated heterocycles. The van der Waals surface area contributed by atoms with Crippen molar-refractivity contribution in [2.75, 3.05) is 6.54 Å². The summed E-state index contributed by atoms with van der Waals surface area (Å²) in [5.74, 6) is 0.153. The smallest absolute Gasteiger partial charge is 0.315 e. The third-order valence-corrected chi connectivity index (χ3v) is 3.96. The van der Waals surface area contributed by atoms with E-state index >= 15 is 0 Å². The molecule has 1 rings (SSSR count). The summed E-state index contributed by atoms with van der Waals surface area (Å²) >= 11 is 0. The Morgan fingerprint density at radius 1 is 1.32 bits per heavy atom. The normalized spacial score (nSPS) is 14.5. The second-order valence-corrected chi connectivity index (χ2v) is 6.75. The molecule has 0 aliphatic carbocycles. The highest BCUT2D eigenvalue weighted by Crippen LogP contribution is 2.25. The Hall–Kier alpha value is -1.62. The SMILES string of the molecule is CCC(NC(=O)NCC(C)(C)C(O)C(C)C)c1ccncc1. The fraction of sp³-hybridized carbons (Fsp3) is 0.647. The molecule has 5 heteroatoms. The summed E-state index contributed by atoms with van der Waals surface area (Å²) in [7, 11) is 0. The van der Waals surface area contributed by atoms with E-state index in [0.717, 1.165) is 12.0 Å². The molecular formula is C17H29N3O2. The van der Waals surface area contributed by atoms with Crippen molar-refractivity contribution in [1.82, 2.24) is 15.6 Å². The van der Waals surface area contributed by atoms with E-state index in [0.29, 0.717) is 6.54 Å². The van der Waals surface area contributed by atoms with Crippen molar-refractivity contribution in [2.24, 2.45) is 11.3 Å². The van der Waals surface area contributed by atoms with Gasteiger partial charge in [0, 0.05) is 24.4 Å². The van der Waals surface area contributed by atoms with Gasteiger partial charge in [-0.1, -0.05) is 34.6 Å². The van der Waals surface area contributed by atoms with Crippen LogP contribution >= 0.6 is 0 Å². The van der Waals surface area contributed by atoms with Gasteiger partial charge in [0.1, 0.15) is 0 Å². The number of hydrogen-bond donors (Lipinski definition) is 3. The van der Waals surface area contributed by atoms with Crippen LogP contribution in [0.4, 0.5) is 4.79 Å². The maximum absolute atomic E-state index is 12.1. The lowest BCUT2D eigenvalue weighted by Crippen LogP contribution is -2.47. The number of carbonyl (C=O) groups excluding carboxylic acids is 1. The zero-order chi connectivity index (χ0) is 16.8. The van der Waals surface area contributed by atoms with Crippen molar-refractivity contribution >= 4 is 6.03 Å². The molecule has 22 heavy (non-hydrogen) atoms. The van der Waals surface area contributed by atoms with Crippen molar-refractivity contribution in [2.45, 2.75) is 53.2 Å². The zero-order valence-electron chi connectivity index (χ0n) is 14.3. The summed E-state index contributed by atoms with van der Waals surface area (Å²) in [5, 5.41) is 16.0. The van der Waals surface area contributed by atoms with E-state index in [4.69, 9.17) is 0 Å². The highest BCUT2D eigenvalue weighted by atomic mass is 16.3. The second-order valence-electron chi connectivity index (χ2n) is 6.75. The maximum atomic E-state index is 12.1. The van der Waals surface area contributed by atoms with E-state index in [2.05, 4.69) is 15.6 Å². The van der Waals surface area contributed by atoms with Crippen LogP contribution in [0.15, 0.2) is 24.5 Å². The molecule has 2 atom stereocenters. The molecule has 0 fully saturated rings. The first kappa shape index (κ1) is 18.4. The number of nitrogens with one attached hydrogen (secondary N) is 2. The van der Waals surface area contributed by atoms with E-state index in [1.54, 1.807) is 12.4 Å². The molecule has 0 spiro atoms. The number of pyridine rings is 1. The number of carbonyl (C=O) groups is 1. The highest BCUT2D eigenvalue weighted by Gasteiger charge is 2.30. The number of aliphatic hydroxyl groups is 1. The van der Waals surface area contributed by atoms with Gasteiger partial charge in [-0.3, -0.25) is 4.98 Å². The van der Waals surface area contributed by atoms with Gasteiger partial charge in [0.05, 0.1) is 12.1 Å². The average molecular weight is 307 g/mol. The van der Waals surface area contributed by atoms with Crippen LogP contribution in [0.2, 0.25) is 0 Å². The quantitative estimate of drug-likeness (QED) is 0.725. The van der Waals surface area contributed by atoms with Crippen molar-refractivity contribution in [3.05, 3.63) is 30.1 Å². The number of aromatic nitrogens is 1. The van der Waals surface area contributed by atoms with Crippen molar-refractivity contribution in [1.29, 1.82) is 0 Å². The van der Waals surface area contributed by atoms with Crippen LogP contribution in [0, 0.1) is 11.3 Å². The van der Waals surface area contributed by atoms with E-state index in [9.17, 15) is 9.90 Å². The molecule has 0 radical (unpaired) electrons. The highest BCUT2D eigenvalue weighted by molar-refractivity contribution is 5.74. The van der Waals surface area contributed by atoms with Crippen molar-refractivity contribution in [3.63, 3.8) is 0 Å². The van der Waals surface area contributed by atoms with Gasteiger partial charge in [-0.25, -0.2) is 4.79 Å². The van der Waals surface area contributed by atoms with Crippen LogP contribution in [-0.2, 0) is 0 Å². The number of hydrogen-bond acceptors (Lipinski definition) is 3. The van der Waals surface area contributed by atoms with Gasteiger partial charge in [0.2, 0.25) is 0 Å². The number of urea groups is 1. The zero-order valence-corrected chi connectivity index (χ0v) is 14.3. The minimum absolute atomic E-state index is 0.0406. The summed E-state index contributed by atoms with van der Waals surface area (Å²) in [6, 6.07) is 3.55. The molecule has 124 valence electrons. The summed E-state index contributed by atoms with van der Waals surface area (Å²) in [4.78, 5) is 16.1. The Morgan fingerprint density at radius 2 is 1.91 bits per heavy atom. The van der Waals surface area contributed by atoms with Crippen LogP contribution in [0.3, 0.4) is 0 Å². The molecule has 1 aromatic heterocycles. The summed E-state index contributed by atoms with van der Waals surface area (Å²) in [6.45, 7) is 10.3. The topological polar surface area (TPSA) is 74.2 Å². The van der Waals surface area contributed by atoms with Gasteiger partial charge in [0.15, 0.2) is 0 Å². The fourth-order valence-corrected chi connectivity index (χ4v) is 2.54. The Labute approximate surface area is 133 Å². The lowest BCUT2D eigenvalue weighted by Gasteiger charge is -2.33. The molecule has 1 aromatic rings. The molecule has 5 nitrogen and oxygen atoms in total. The molecule has 2 amide bonds. The Balaban J connectivity index is 2.55. The van der Waals surface area contributed by atoms with Gasteiger partial charge >= 0.3 is 6.03 Å². The molecule has 0 bridgehead atoms. The van der Waals surface area contributed by atoms with Crippen LogP contribution in [0.25, 0.3) is 0 Å². The number of aliphatic hydroxyl groups excluding tert-OH is 1. The minimum Gasteiger partial charge on any atom is -0.392 e. The number of rotatable bonds is 7. The molecule has 0 aliphatic heterocycles. The molecule has 0 saturated carbocycles. The van der Waals surface area contributed by atoms with Gasteiger partial charge in [0.25, 0.3) is 0 Å². The predicted octanol–water partition coefficient (Wildman–Crippen LogP) is 2.88. The lowest BCUT2D eigenvalue weighted by molar-refractivity contribution is 0.0151. The standard InChI is InChI=1S/C17H29N3O2/c1-6-14(13-7-9-18-10-8-13)20-16(22)19-11-17(4,5)15(21)12(2)3/h7-10,12,14-15,21H,6,11H2,1-5H3,(H2,19,20,22). The van der Waals surface area contributed by atoms with Crippen LogP contribution in [-0.4, -0.2) is 28.8 Å². The molecule has 1 heterocycles. The third kappa shape index (κ3) is 5.30. The first-order chi connectivity index (χ1) is 10.3. The molecular weight excluding hydrogens is 278 g/mol. The predicted molar refractivity (Wildman–Crippen MR) is 88.4 cm³/mol. The van der Waals surface area contributed by atoms with Crippen molar-refractivity contribution in [3.8, 4) is 0 Å². The summed E-state index contributed by atoms with van der Waals surface area (Å²) in [6.07, 6.45) is 3.78. The van der Waals surface area contributed by atoms with E-state index in [1.165, 1.54) is 0 Å². The molecule has 0 aromatic carbocycles. The maximum Gasteiger partial charge on any atom is 0.315 e. The van der Waals surface area contributed by atoms with Gasteiger partial charge in [-0.2, -0.15) is 0 Å². The molecule has 2 unspecified atom stereocenters. The number of amides is 2. The van der Waals surface area contributed by atoms with E-state index in [-0.39, 0.29) is 23.4 Å². The first-order valence-electron chi connectivity index (χ1n) is 7.90. The van der Waals surface area contributed by atoms with Gasteiger partial charge in [-0.05, 0) is 30.0 Å². The molecule has 0 aliphatic rings. The molecule has 3 N–H and O–H groups in total. The Morgan fingerprint density at radius 3 is 2.41 bits per heavy atom. The Bertz CT molecular complexity index is 460. The van der Waals surface area contributed by atoms with Crippen LogP contribution in [0.1, 0.15) is 52.6 Å². The van der Waals surface area contributed by atoms with E-state index in [1.807, 2.05) is 46.8 Å². The second kappa shape index (κ2) is 8.13. The Kier molecular flexibility index (Phi) is 6.81. The number of nitrogens with zero attached hydrogens (tertiary/aromatic N) is 1. The first-order valence-corrected chi connectivity index (χ1v) is 7.90. The largest absolute Gasteiger partial charge is 0.392 e. The van der Waals surface area contributed by atoms with Crippen molar-refractivity contribution < 1.29 is 9.90 Å². The average Bonchev–Trinajstić information content (AvgIpc) is 2.50. The van der Waals surface area contributed by atoms with Crippen LogP contribution < -0.4 is 10.6 Å². The summed E-state index contributed by atoms with van der Waals surface area (Å²) < 4.78 is 0. The van der Waals surface area contributed by atoms with Crippen LogP contribution in [0.5, 0.6) is 0 Å². The van der Waals surface area contributed by atoms with Gasteiger partial charge < -0.3 is 15.7 Å². The monoisotopic (exact) mass is 307 g/mol. The van der Waals surface area contributed by atoms with E-state index < -0.39 is 6.10 Å². The fourth-order valence-electron chi connectivity index (χ4n) is 2.54. The lowest BCUT2D eigenvalue weighted by atomic mass is 9.81.